The topological polar surface area (TPSA) is 72.8 Å². The van der Waals surface area contributed by atoms with Crippen molar-refractivity contribution in [1.82, 2.24) is 19.9 Å². The van der Waals surface area contributed by atoms with Gasteiger partial charge in [0, 0.05) is 24.5 Å². The molecule has 0 bridgehead atoms. The van der Waals surface area contributed by atoms with Crippen LogP contribution in [-0.2, 0) is 0 Å². The highest BCUT2D eigenvalue weighted by Crippen LogP contribution is 2.19. The molecule has 0 aliphatic heterocycles. The summed E-state index contributed by atoms with van der Waals surface area (Å²) in [5, 5.41) is 2.91. The van der Waals surface area contributed by atoms with Crippen molar-refractivity contribution < 1.29 is 4.74 Å². The van der Waals surface area contributed by atoms with E-state index in [4.69, 9.17) is 4.74 Å². The molecule has 6 heteroatoms. The standard InChI is InChI=1S/C13H17N5O/c1-8(2)19-13-17-11(16-12(14-4)18-13)10-5-6-15-9(3)7-10/h5-8H,1-4H3,(H,14,16,17,18). The molecule has 6 nitrogen and oxygen atoms in total. The molecule has 2 aromatic heterocycles. The summed E-state index contributed by atoms with van der Waals surface area (Å²) in [6.07, 6.45) is 1.75. The molecule has 1 N–H and O–H groups in total. The van der Waals surface area contributed by atoms with Gasteiger partial charge in [0.15, 0.2) is 5.82 Å². The maximum Gasteiger partial charge on any atom is 0.322 e. The summed E-state index contributed by atoms with van der Waals surface area (Å²) in [4.78, 5) is 17.0. The first-order chi connectivity index (χ1) is 9.08. The van der Waals surface area contributed by atoms with Crippen molar-refractivity contribution in [3.63, 3.8) is 0 Å². The summed E-state index contributed by atoms with van der Waals surface area (Å²) < 4.78 is 5.53. The lowest BCUT2D eigenvalue weighted by Crippen LogP contribution is -2.11. The molecule has 2 aromatic rings. The van der Waals surface area contributed by atoms with Crippen LogP contribution in [0.5, 0.6) is 6.01 Å². The van der Waals surface area contributed by atoms with Gasteiger partial charge in [0.25, 0.3) is 0 Å². The van der Waals surface area contributed by atoms with Crippen LogP contribution in [0.3, 0.4) is 0 Å². The van der Waals surface area contributed by atoms with Gasteiger partial charge in [-0.25, -0.2) is 0 Å². The van der Waals surface area contributed by atoms with E-state index in [-0.39, 0.29) is 6.10 Å². The third kappa shape index (κ3) is 3.37. The van der Waals surface area contributed by atoms with Crippen LogP contribution in [0.1, 0.15) is 19.5 Å². The SMILES string of the molecule is CNc1nc(OC(C)C)nc(-c2ccnc(C)c2)n1. The monoisotopic (exact) mass is 259 g/mol. The molecule has 0 amide bonds. The van der Waals surface area contributed by atoms with E-state index in [0.29, 0.717) is 17.8 Å². The second kappa shape index (κ2) is 5.60. The molecule has 0 aliphatic carbocycles. The Morgan fingerprint density at radius 3 is 2.63 bits per heavy atom. The van der Waals surface area contributed by atoms with Gasteiger partial charge in [-0.2, -0.15) is 15.0 Å². The Hall–Kier alpha value is -2.24. The van der Waals surface area contributed by atoms with Crippen molar-refractivity contribution in [3.8, 4) is 17.4 Å². The number of pyridine rings is 1. The fraction of sp³-hybridized carbons (Fsp3) is 0.385. The maximum atomic E-state index is 5.53. The fourth-order valence-electron chi connectivity index (χ4n) is 1.55. The Morgan fingerprint density at radius 1 is 1.21 bits per heavy atom. The van der Waals surface area contributed by atoms with E-state index in [1.165, 1.54) is 0 Å². The van der Waals surface area contributed by atoms with E-state index >= 15 is 0 Å². The minimum atomic E-state index is 0.0131. The predicted octanol–water partition coefficient (Wildman–Crippen LogP) is 2.07. The highest BCUT2D eigenvalue weighted by Gasteiger charge is 2.10. The van der Waals surface area contributed by atoms with Crippen molar-refractivity contribution in [2.24, 2.45) is 0 Å². The Kier molecular flexibility index (Phi) is 3.89. The summed E-state index contributed by atoms with van der Waals surface area (Å²) in [6, 6.07) is 4.10. The van der Waals surface area contributed by atoms with E-state index in [9.17, 15) is 0 Å². The number of rotatable bonds is 4. The predicted molar refractivity (Wildman–Crippen MR) is 73.1 cm³/mol. The number of hydrogen-bond acceptors (Lipinski definition) is 6. The lowest BCUT2D eigenvalue weighted by atomic mass is 10.2. The molecule has 0 radical (unpaired) electrons. The van der Waals surface area contributed by atoms with Gasteiger partial charge in [0.1, 0.15) is 0 Å². The van der Waals surface area contributed by atoms with Crippen LogP contribution in [0.15, 0.2) is 18.3 Å². The van der Waals surface area contributed by atoms with Crippen molar-refractivity contribution in [2.45, 2.75) is 26.9 Å². The summed E-state index contributed by atoms with van der Waals surface area (Å²) in [7, 11) is 1.76. The zero-order valence-corrected chi connectivity index (χ0v) is 11.5. The summed E-state index contributed by atoms with van der Waals surface area (Å²) in [5.74, 6) is 1.05. The maximum absolute atomic E-state index is 5.53. The molecule has 0 atom stereocenters. The number of nitrogens with zero attached hydrogens (tertiary/aromatic N) is 4. The van der Waals surface area contributed by atoms with Gasteiger partial charge in [0.2, 0.25) is 5.95 Å². The third-order valence-electron chi connectivity index (χ3n) is 2.33. The van der Waals surface area contributed by atoms with Gasteiger partial charge in [0.05, 0.1) is 6.10 Å². The average molecular weight is 259 g/mol. The van der Waals surface area contributed by atoms with Crippen molar-refractivity contribution in [1.29, 1.82) is 0 Å². The van der Waals surface area contributed by atoms with Gasteiger partial charge in [-0.3, -0.25) is 4.98 Å². The van der Waals surface area contributed by atoms with E-state index in [1.807, 2.05) is 32.9 Å². The number of nitrogens with one attached hydrogen (secondary N) is 1. The zero-order chi connectivity index (χ0) is 13.8. The second-order valence-electron chi connectivity index (χ2n) is 4.37. The smallest absolute Gasteiger partial charge is 0.322 e. The number of aryl methyl sites for hydroxylation is 1. The molecule has 100 valence electrons. The highest BCUT2D eigenvalue weighted by molar-refractivity contribution is 5.56. The first-order valence-electron chi connectivity index (χ1n) is 6.12. The Labute approximate surface area is 112 Å². The molecule has 0 fully saturated rings. The molecule has 0 saturated carbocycles. The van der Waals surface area contributed by atoms with Crippen molar-refractivity contribution in [2.75, 3.05) is 12.4 Å². The number of anilines is 1. The lowest BCUT2D eigenvalue weighted by molar-refractivity contribution is 0.222. The van der Waals surface area contributed by atoms with Crippen LogP contribution in [0.25, 0.3) is 11.4 Å². The normalized spacial score (nSPS) is 10.6. The van der Waals surface area contributed by atoms with Gasteiger partial charge in [-0.15, -0.1) is 0 Å². The third-order valence-corrected chi connectivity index (χ3v) is 2.33. The zero-order valence-electron chi connectivity index (χ0n) is 11.5. The molecular weight excluding hydrogens is 242 g/mol. The van der Waals surface area contributed by atoms with Crippen LogP contribution in [0, 0.1) is 6.92 Å². The largest absolute Gasteiger partial charge is 0.461 e. The molecule has 0 aromatic carbocycles. The summed E-state index contributed by atoms with van der Waals surface area (Å²) >= 11 is 0. The average Bonchev–Trinajstić information content (AvgIpc) is 2.37. The van der Waals surface area contributed by atoms with Gasteiger partial charge in [-0.1, -0.05) is 0 Å². The molecule has 0 saturated heterocycles. The Bertz CT molecular complexity index is 571. The molecule has 19 heavy (non-hydrogen) atoms. The second-order valence-corrected chi connectivity index (χ2v) is 4.37. The summed E-state index contributed by atoms with van der Waals surface area (Å²) in [5.41, 5.74) is 1.80. The number of aromatic nitrogens is 4. The fourth-order valence-corrected chi connectivity index (χ4v) is 1.55. The molecule has 2 heterocycles. The molecular formula is C13H17N5O. The van der Waals surface area contributed by atoms with E-state index < -0.39 is 0 Å². The molecule has 0 spiro atoms. The molecule has 0 unspecified atom stereocenters. The summed E-state index contributed by atoms with van der Waals surface area (Å²) in [6.45, 7) is 5.79. The number of hydrogen-bond donors (Lipinski definition) is 1. The Balaban J connectivity index is 2.44. The first kappa shape index (κ1) is 13.2. The quantitative estimate of drug-likeness (QED) is 0.906. The highest BCUT2D eigenvalue weighted by atomic mass is 16.5. The van der Waals surface area contributed by atoms with Crippen molar-refractivity contribution in [3.05, 3.63) is 24.0 Å². The van der Waals surface area contributed by atoms with Crippen LogP contribution in [0.2, 0.25) is 0 Å². The number of ether oxygens (including phenoxy) is 1. The first-order valence-corrected chi connectivity index (χ1v) is 6.12. The van der Waals surface area contributed by atoms with Gasteiger partial charge >= 0.3 is 6.01 Å². The molecule has 0 aliphatic rings. The van der Waals surface area contributed by atoms with Gasteiger partial charge in [-0.05, 0) is 32.9 Å². The Morgan fingerprint density at radius 2 is 2.00 bits per heavy atom. The van der Waals surface area contributed by atoms with E-state index in [2.05, 4.69) is 25.3 Å². The van der Waals surface area contributed by atoms with Crippen molar-refractivity contribution >= 4 is 5.95 Å². The minimum absolute atomic E-state index is 0.0131. The van der Waals surface area contributed by atoms with E-state index in [0.717, 1.165) is 11.3 Å². The lowest BCUT2D eigenvalue weighted by Gasteiger charge is -2.10. The van der Waals surface area contributed by atoms with Crippen LogP contribution in [0.4, 0.5) is 5.95 Å². The molecule has 2 rings (SSSR count). The van der Waals surface area contributed by atoms with E-state index in [1.54, 1.807) is 13.2 Å². The van der Waals surface area contributed by atoms with Crippen LogP contribution < -0.4 is 10.1 Å². The van der Waals surface area contributed by atoms with Crippen LogP contribution in [-0.4, -0.2) is 33.1 Å². The van der Waals surface area contributed by atoms with Gasteiger partial charge < -0.3 is 10.1 Å². The minimum Gasteiger partial charge on any atom is -0.461 e. The van der Waals surface area contributed by atoms with Crippen LogP contribution >= 0.6 is 0 Å².